The predicted molar refractivity (Wildman–Crippen MR) is 452 cm³/mol. The lowest BCUT2D eigenvalue weighted by Gasteiger charge is -2.12. The van der Waals surface area contributed by atoms with Crippen LogP contribution in [-0.4, -0.2) is 103 Å². The van der Waals surface area contributed by atoms with Crippen LogP contribution < -0.4 is 50.4 Å². The number of aryl methyl sites for hydroxylation is 6. The van der Waals surface area contributed by atoms with Crippen LogP contribution in [0.4, 0.5) is 23.8 Å². The second-order valence-electron chi connectivity index (χ2n) is 26.2. The van der Waals surface area contributed by atoms with E-state index in [1.807, 2.05) is 96.9 Å². The lowest BCUT2D eigenvalue weighted by atomic mass is 10.1. The third-order valence-corrected chi connectivity index (χ3v) is 22.3. The minimum atomic E-state index is -0.282. The van der Waals surface area contributed by atoms with Crippen molar-refractivity contribution in [2.24, 2.45) is 0 Å². The van der Waals surface area contributed by atoms with Gasteiger partial charge in [0.05, 0.1) is 69.2 Å². The van der Waals surface area contributed by atoms with Gasteiger partial charge in [-0.15, -0.1) is 11.8 Å². The number of imidazole rings is 4. The first kappa shape index (κ1) is 85.3. The first-order valence-corrected chi connectivity index (χ1v) is 38.6. The van der Waals surface area contributed by atoms with Crippen molar-refractivity contribution in [3.8, 4) is 29.4 Å². The molecule has 0 aliphatic carbocycles. The van der Waals surface area contributed by atoms with Crippen LogP contribution in [0.1, 0.15) is 135 Å². The minimum Gasteiger partial charge on any atom is -0.496 e. The van der Waals surface area contributed by atoms with Crippen molar-refractivity contribution in [1.82, 2.24) is 96.3 Å². The molecule has 36 heteroatoms. The molecule has 8 N–H and O–H groups in total. The predicted octanol–water partition coefficient (Wildman–Crippen LogP) is 13.1. The average Bonchev–Trinajstić information content (AvgIpc) is 1.63. The van der Waals surface area contributed by atoms with Crippen LogP contribution in [0.2, 0.25) is 25.6 Å². The maximum Gasteiger partial charge on any atom is 0.331 e. The molecule has 12 aromatic rings. The molecule has 29 nitrogen and oxygen atoms in total. The number of hydrogen-bond acceptors (Lipinski definition) is 21. The summed E-state index contributed by atoms with van der Waals surface area (Å²) in [6.45, 7) is 29.7. The number of allylic oxidation sites excluding steroid dienone is 4. The molecular formula is C75H83BrCl5IN24O5. The summed E-state index contributed by atoms with van der Waals surface area (Å²) >= 11 is 37.4. The molecule has 12 heterocycles. The van der Waals surface area contributed by atoms with Crippen molar-refractivity contribution in [2.45, 2.75) is 175 Å². The van der Waals surface area contributed by atoms with Gasteiger partial charge in [-0.05, 0) is 152 Å². The standard InChI is InChI=1S/C20H25ClN6O2.C19H22Cl2N6O.C18H18BrClN6O.C18H18ClIN6O/c1-11(2)7-6-8-26-15-17(21)24-19(22)25-18(15)27(20(26)28)10-14-13(4)16(29-5)12(3)9-23-14;1-10(2)6-5-7-26-15-16(21)24-18(22)25-17(15)27(19(26)28)9-13-12(4)14(20)11(3)8-23-13;1-4-5-6-7-25-14-15(20)23-17(21)24-16(14)26(18(25)27)9-12-11(3)13(19)10(2)8-22-12;1-4-5-6-7-25-14-15(19)23-17(21)24-16(14)26(18(25)27)9-12-11(3)13(20)10(2)8-22-12/h7,9H,6,8,10H2,1-5H3,(H2,22,24,25);6,8H,5,7,9H2,1-4H3,(H2,22,24,25);2*8H,4,7,9H2,1-3H3,(H2,21,23,24). The number of nitrogens with two attached hydrogens (primary N) is 4. The Kier molecular flexibility index (Phi) is 28.5. The Balaban J connectivity index is 0.000000170. The minimum absolute atomic E-state index is 0.00723. The second kappa shape index (κ2) is 37.1. The van der Waals surface area contributed by atoms with Crippen molar-refractivity contribution in [1.29, 1.82) is 0 Å². The molecule has 111 heavy (non-hydrogen) atoms. The van der Waals surface area contributed by atoms with Gasteiger partial charge in [0.2, 0.25) is 23.8 Å². The molecule has 12 aromatic heterocycles. The van der Waals surface area contributed by atoms with E-state index in [4.69, 9.17) is 85.7 Å². The Hall–Kier alpha value is -9.74. The molecule has 0 saturated carbocycles. The maximum absolute atomic E-state index is 13.2. The van der Waals surface area contributed by atoms with Crippen LogP contribution in [0.5, 0.6) is 5.75 Å². The Morgan fingerprint density at radius 1 is 0.441 bits per heavy atom. The van der Waals surface area contributed by atoms with Gasteiger partial charge >= 0.3 is 22.8 Å². The zero-order chi connectivity index (χ0) is 81.3. The highest BCUT2D eigenvalue weighted by Gasteiger charge is 2.26. The fourth-order valence-electron chi connectivity index (χ4n) is 12.1. The fourth-order valence-corrected chi connectivity index (χ4v) is 14.1. The zero-order valence-electron chi connectivity index (χ0n) is 63.9. The number of nitrogens with zero attached hydrogens (tertiary/aromatic N) is 20. The second-order valence-corrected chi connectivity index (χ2v) is 29.9. The first-order chi connectivity index (χ1) is 52.6. The number of methoxy groups -OCH3 is 1. The van der Waals surface area contributed by atoms with Gasteiger partial charge in [-0.2, -0.15) is 39.9 Å². The quantitative estimate of drug-likeness (QED) is 0.0285. The lowest BCUT2D eigenvalue weighted by molar-refractivity contribution is 0.406. The first-order valence-electron chi connectivity index (χ1n) is 34.8. The normalized spacial score (nSPS) is 11.0. The van der Waals surface area contributed by atoms with Gasteiger partial charge in [0, 0.05) is 74.9 Å². The lowest BCUT2D eigenvalue weighted by Crippen LogP contribution is -2.25. The van der Waals surface area contributed by atoms with Gasteiger partial charge < -0.3 is 27.7 Å². The third-order valence-electron chi connectivity index (χ3n) is 17.7. The van der Waals surface area contributed by atoms with Crippen LogP contribution in [0.3, 0.4) is 0 Å². The largest absolute Gasteiger partial charge is 0.496 e. The number of fused-ring (bicyclic) bond motifs is 4. The molecule has 0 aromatic carbocycles. The van der Waals surface area contributed by atoms with E-state index in [0.717, 1.165) is 69.7 Å². The summed E-state index contributed by atoms with van der Waals surface area (Å²) in [5.41, 5.74) is 38.3. The Morgan fingerprint density at radius 3 is 1.12 bits per heavy atom. The fraction of sp³-hybridized carbons (Fsp3) is 0.360. The van der Waals surface area contributed by atoms with E-state index in [0.29, 0.717) is 99.8 Å². The molecule has 0 unspecified atom stereocenters. The van der Waals surface area contributed by atoms with E-state index in [9.17, 15) is 19.2 Å². The third kappa shape index (κ3) is 18.9. The van der Waals surface area contributed by atoms with Crippen molar-refractivity contribution in [2.75, 3.05) is 30.0 Å². The van der Waals surface area contributed by atoms with Gasteiger partial charge in [-0.1, -0.05) is 123 Å². The summed E-state index contributed by atoms with van der Waals surface area (Å²) in [7, 11) is 1.62. The Bertz CT molecular complexity index is 5890. The summed E-state index contributed by atoms with van der Waals surface area (Å²) in [5.74, 6) is 12.7. The smallest absolute Gasteiger partial charge is 0.331 e. The van der Waals surface area contributed by atoms with Gasteiger partial charge in [-0.3, -0.25) is 56.5 Å². The summed E-state index contributed by atoms with van der Waals surface area (Å²) < 4.78 is 19.8. The highest BCUT2D eigenvalue weighted by Crippen LogP contribution is 2.31. The van der Waals surface area contributed by atoms with Crippen LogP contribution >= 0.6 is 96.5 Å². The van der Waals surface area contributed by atoms with Gasteiger partial charge in [0.25, 0.3) is 0 Å². The molecule has 0 spiro atoms. The molecule has 582 valence electrons. The van der Waals surface area contributed by atoms with Crippen molar-refractivity contribution in [3.63, 3.8) is 0 Å². The maximum atomic E-state index is 13.2. The van der Waals surface area contributed by atoms with Crippen molar-refractivity contribution < 1.29 is 4.74 Å². The number of anilines is 4. The van der Waals surface area contributed by atoms with Crippen molar-refractivity contribution in [3.05, 3.63) is 191 Å². The highest BCUT2D eigenvalue weighted by atomic mass is 127. The van der Waals surface area contributed by atoms with E-state index >= 15 is 0 Å². The molecule has 12 rings (SSSR count). The summed E-state index contributed by atoms with van der Waals surface area (Å²) in [6, 6.07) is 0. The van der Waals surface area contributed by atoms with Crippen molar-refractivity contribution >= 4 is 165 Å². The molecule has 0 bridgehead atoms. The SMILES string of the molecule is CC(C)=CCCn1c(=O)n(Cc2ncc(C)c(Cl)c2C)c2nc(N)nc(Cl)c21.CCC#CCn1c(=O)n(Cc2ncc(C)c(Br)c2C)c2nc(N)nc(Cl)c21.CCC#CCn1c(=O)n(Cc2ncc(C)c(I)c2C)c2nc(N)nc(Cl)c21.COc1c(C)cnc(Cn2c(=O)n(CCC=C(C)C)c3c(Cl)nc(N)nc32)c1C. The van der Waals surface area contributed by atoms with Gasteiger partial charge in [-0.25, -0.2) is 19.2 Å². The number of rotatable bonds is 17. The number of ether oxygens (including phenoxy) is 1. The van der Waals surface area contributed by atoms with Gasteiger partial charge in [0.1, 0.15) is 27.8 Å². The van der Waals surface area contributed by atoms with Crippen LogP contribution in [-0.2, 0) is 52.4 Å². The highest BCUT2D eigenvalue weighted by molar-refractivity contribution is 14.1. The molecule has 0 fully saturated rings. The van der Waals surface area contributed by atoms with Crippen LogP contribution in [0.15, 0.2) is 71.7 Å². The van der Waals surface area contributed by atoms with E-state index in [1.54, 1.807) is 41.0 Å². The number of hydrogen-bond donors (Lipinski definition) is 4. The molecule has 0 aliphatic rings. The molecule has 0 radical (unpaired) electrons. The van der Waals surface area contributed by atoms with E-state index in [-0.39, 0.29) is 106 Å². The van der Waals surface area contributed by atoms with Gasteiger partial charge in [0.15, 0.2) is 43.2 Å². The van der Waals surface area contributed by atoms with Crippen LogP contribution in [0, 0.1) is 82.6 Å². The van der Waals surface area contributed by atoms with E-state index < -0.39 is 0 Å². The summed E-state index contributed by atoms with van der Waals surface area (Å²) in [5, 5.41) is 1.21. The van der Waals surface area contributed by atoms with E-state index in [2.05, 4.69) is 134 Å². The van der Waals surface area contributed by atoms with E-state index in [1.165, 1.54) is 38.5 Å². The molecule has 0 aliphatic heterocycles. The zero-order valence-corrected chi connectivity index (χ0v) is 71.4. The monoisotopic (exact) mass is 1780 g/mol. The molecular weight excluding hydrogens is 1700 g/mol. The molecule has 0 amide bonds. The Morgan fingerprint density at radius 2 is 0.757 bits per heavy atom. The number of aromatic nitrogens is 20. The Labute approximate surface area is 686 Å². The summed E-state index contributed by atoms with van der Waals surface area (Å²) in [6.07, 6.45) is 13.9. The summed E-state index contributed by atoms with van der Waals surface area (Å²) in [4.78, 5) is 104. The van der Waals surface area contributed by atoms with Crippen LogP contribution in [0.25, 0.3) is 44.7 Å². The average molecular weight is 1780 g/mol. The molecule has 0 atom stereocenters. The number of pyridine rings is 4. The number of halogens is 7. The number of nitrogen functional groups attached to an aromatic ring is 4. The molecule has 0 saturated heterocycles. The topological polar surface area (TPSA) is 376 Å².